The normalized spacial score (nSPS) is 17.4. The quantitative estimate of drug-likeness (QED) is 0.870. The Kier molecular flexibility index (Phi) is 2.73. The summed E-state index contributed by atoms with van der Waals surface area (Å²) in [4.78, 5) is 11.3. The highest BCUT2D eigenvalue weighted by Gasteiger charge is 2.64. The zero-order chi connectivity index (χ0) is 12.5. The standard InChI is InChI=1S/C11H10F3NO2/c12-11(13,14)10(6-7-10)15-9(16)17-8-4-2-1-3-5-8/h1-5H,6-7H2,(H,15,16). The van der Waals surface area contributed by atoms with Gasteiger partial charge in [-0.2, -0.15) is 13.2 Å². The van der Waals surface area contributed by atoms with Gasteiger partial charge in [0.2, 0.25) is 0 Å². The maximum absolute atomic E-state index is 12.5. The van der Waals surface area contributed by atoms with Crippen LogP contribution in [-0.2, 0) is 0 Å². The van der Waals surface area contributed by atoms with Crippen molar-refractivity contribution in [2.75, 3.05) is 0 Å². The summed E-state index contributed by atoms with van der Waals surface area (Å²) in [5, 5.41) is 1.87. The highest BCUT2D eigenvalue weighted by atomic mass is 19.4. The van der Waals surface area contributed by atoms with E-state index in [2.05, 4.69) is 0 Å². The lowest BCUT2D eigenvalue weighted by Gasteiger charge is -2.20. The molecule has 0 spiro atoms. The van der Waals surface area contributed by atoms with Crippen LogP contribution in [0, 0.1) is 0 Å². The zero-order valence-electron chi connectivity index (χ0n) is 8.75. The molecule has 1 amide bonds. The summed E-state index contributed by atoms with van der Waals surface area (Å²) in [5.74, 6) is 0.211. The van der Waals surface area contributed by atoms with E-state index in [9.17, 15) is 18.0 Å². The van der Waals surface area contributed by atoms with Gasteiger partial charge in [0, 0.05) is 0 Å². The number of hydrogen-bond donors (Lipinski definition) is 1. The van der Waals surface area contributed by atoms with Crippen LogP contribution in [-0.4, -0.2) is 17.8 Å². The van der Waals surface area contributed by atoms with E-state index >= 15 is 0 Å². The van der Waals surface area contributed by atoms with E-state index in [1.165, 1.54) is 12.1 Å². The number of ether oxygens (including phenoxy) is 1. The summed E-state index contributed by atoms with van der Waals surface area (Å²) in [6.07, 6.45) is -5.70. The number of carbonyl (C=O) groups excluding carboxylic acids is 1. The minimum absolute atomic E-state index is 0.0968. The Labute approximate surface area is 95.6 Å². The molecule has 0 atom stereocenters. The van der Waals surface area contributed by atoms with Crippen LogP contribution < -0.4 is 10.1 Å². The largest absolute Gasteiger partial charge is 0.413 e. The molecule has 1 aromatic rings. The number of rotatable bonds is 2. The van der Waals surface area contributed by atoms with Crippen LogP contribution in [0.5, 0.6) is 5.75 Å². The first-order valence-corrected chi connectivity index (χ1v) is 5.05. The van der Waals surface area contributed by atoms with Crippen molar-refractivity contribution < 1.29 is 22.7 Å². The number of carbonyl (C=O) groups is 1. The lowest BCUT2D eigenvalue weighted by Crippen LogP contribution is -2.48. The number of hydrogen-bond acceptors (Lipinski definition) is 2. The van der Waals surface area contributed by atoms with Crippen LogP contribution in [0.2, 0.25) is 0 Å². The van der Waals surface area contributed by atoms with Crippen molar-refractivity contribution >= 4 is 6.09 Å². The maximum Gasteiger partial charge on any atom is 0.413 e. The van der Waals surface area contributed by atoms with Gasteiger partial charge in [0.05, 0.1) is 0 Å². The predicted molar refractivity (Wildman–Crippen MR) is 53.6 cm³/mol. The Bertz CT molecular complexity index is 412. The average Bonchev–Trinajstić information content (AvgIpc) is 2.99. The van der Waals surface area contributed by atoms with Gasteiger partial charge in [-0.3, -0.25) is 0 Å². The minimum atomic E-state index is -4.43. The molecule has 0 saturated heterocycles. The van der Waals surface area contributed by atoms with Gasteiger partial charge in [0.25, 0.3) is 0 Å². The van der Waals surface area contributed by atoms with Crippen molar-refractivity contribution in [2.24, 2.45) is 0 Å². The van der Waals surface area contributed by atoms with E-state index in [0.29, 0.717) is 0 Å². The predicted octanol–water partition coefficient (Wildman–Crippen LogP) is 2.87. The van der Waals surface area contributed by atoms with Gasteiger partial charge < -0.3 is 10.1 Å². The molecular weight excluding hydrogens is 235 g/mol. The van der Waals surface area contributed by atoms with Crippen molar-refractivity contribution in [3.63, 3.8) is 0 Å². The van der Waals surface area contributed by atoms with Gasteiger partial charge in [0.1, 0.15) is 11.3 Å². The Morgan fingerprint density at radius 2 is 1.82 bits per heavy atom. The van der Waals surface area contributed by atoms with Crippen molar-refractivity contribution in [1.29, 1.82) is 0 Å². The molecule has 17 heavy (non-hydrogen) atoms. The second kappa shape index (κ2) is 3.94. The minimum Gasteiger partial charge on any atom is -0.410 e. The summed E-state index contributed by atoms with van der Waals surface area (Å²) in [5.41, 5.74) is -2.08. The monoisotopic (exact) mass is 245 g/mol. The van der Waals surface area contributed by atoms with Crippen LogP contribution >= 0.6 is 0 Å². The molecule has 92 valence electrons. The van der Waals surface area contributed by atoms with E-state index in [1.54, 1.807) is 18.2 Å². The van der Waals surface area contributed by atoms with Gasteiger partial charge in [-0.25, -0.2) is 4.79 Å². The molecule has 0 radical (unpaired) electrons. The topological polar surface area (TPSA) is 38.3 Å². The highest BCUT2D eigenvalue weighted by molar-refractivity contribution is 5.72. The Morgan fingerprint density at radius 1 is 1.24 bits per heavy atom. The molecule has 6 heteroatoms. The first-order chi connectivity index (χ1) is 7.93. The van der Waals surface area contributed by atoms with Gasteiger partial charge in [0.15, 0.2) is 0 Å². The number of amides is 1. The first kappa shape index (κ1) is 11.8. The molecular formula is C11H10F3NO2. The fraction of sp³-hybridized carbons (Fsp3) is 0.364. The van der Waals surface area contributed by atoms with Crippen LogP contribution in [0.25, 0.3) is 0 Å². The fourth-order valence-electron chi connectivity index (χ4n) is 1.42. The third-order valence-corrected chi connectivity index (χ3v) is 2.59. The number of para-hydroxylation sites is 1. The van der Waals surface area contributed by atoms with Crippen LogP contribution in [0.1, 0.15) is 12.8 Å². The van der Waals surface area contributed by atoms with E-state index in [-0.39, 0.29) is 18.6 Å². The number of nitrogens with one attached hydrogen (secondary N) is 1. The molecule has 0 aromatic heterocycles. The SMILES string of the molecule is O=C(NC1(C(F)(F)F)CC1)Oc1ccccc1. The van der Waals surface area contributed by atoms with Crippen molar-refractivity contribution in [1.82, 2.24) is 5.32 Å². The molecule has 0 bridgehead atoms. The molecule has 1 N–H and O–H groups in total. The Hall–Kier alpha value is -1.72. The van der Waals surface area contributed by atoms with Gasteiger partial charge in [-0.15, -0.1) is 0 Å². The van der Waals surface area contributed by atoms with Crippen molar-refractivity contribution in [3.05, 3.63) is 30.3 Å². The first-order valence-electron chi connectivity index (χ1n) is 5.05. The van der Waals surface area contributed by atoms with E-state index in [4.69, 9.17) is 4.74 Å². The van der Waals surface area contributed by atoms with Crippen LogP contribution in [0.3, 0.4) is 0 Å². The molecule has 0 unspecified atom stereocenters. The molecule has 1 aliphatic carbocycles. The van der Waals surface area contributed by atoms with Gasteiger partial charge in [-0.1, -0.05) is 18.2 Å². The molecule has 1 saturated carbocycles. The number of benzene rings is 1. The van der Waals surface area contributed by atoms with Crippen molar-refractivity contribution in [3.8, 4) is 5.75 Å². The van der Waals surface area contributed by atoms with Crippen LogP contribution in [0.4, 0.5) is 18.0 Å². The Morgan fingerprint density at radius 3 is 2.29 bits per heavy atom. The van der Waals surface area contributed by atoms with E-state index in [1.807, 2.05) is 5.32 Å². The second-order valence-corrected chi connectivity index (χ2v) is 3.91. The summed E-state index contributed by atoms with van der Waals surface area (Å²) in [7, 11) is 0. The lowest BCUT2D eigenvalue weighted by atomic mass is 10.3. The molecule has 2 rings (SSSR count). The third kappa shape index (κ3) is 2.51. The lowest BCUT2D eigenvalue weighted by molar-refractivity contribution is -0.163. The maximum atomic E-state index is 12.5. The Balaban J connectivity index is 1.95. The molecule has 0 aliphatic heterocycles. The summed E-state index contributed by atoms with van der Waals surface area (Å²) in [6, 6.07) is 7.95. The fourth-order valence-corrected chi connectivity index (χ4v) is 1.42. The van der Waals surface area contributed by atoms with E-state index < -0.39 is 17.8 Å². The number of halogens is 3. The summed E-state index contributed by atoms with van der Waals surface area (Å²) in [6.45, 7) is 0. The average molecular weight is 245 g/mol. The van der Waals surface area contributed by atoms with Crippen molar-refractivity contribution in [2.45, 2.75) is 24.6 Å². The van der Waals surface area contributed by atoms with E-state index in [0.717, 1.165) is 0 Å². The number of alkyl halides is 3. The molecule has 1 aromatic carbocycles. The molecule has 1 aliphatic rings. The highest BCUT2D eigenvalue weighted by Crippen LogP contribution is 2.48. The molecule has 1 fully saturated rings. The smallest absolute Gasteiger partial charge is 0.410 e. The molecule has 0 heterocycles. The van der Waals surface area contributed by atoms with Gasteiger partial charge >= 0.3 is 12.3 Å². The summed E-state index contributed by atoms with van der Waals surface area (Å²) < 4.78 is 42.3. The molecule has 3 nitrogen and oxygen atoms in total. The zero-order valence-corrected chi connectivity index (χ0v) is 8.75. The summed E-state index contributed by atoms with van der Waals surface area (Å²) >= 11 is 0. The van der Waals surface area contributed by atoms with Gasteiger partial charge in [-0.05, 0) is 25.0 Å². The van der Waals surface area contributed by atoms with Crippen LogP contribution in [0.15, 0.2) is 30.3 Å². The third-order valence-electron chi connectivity index (χ3n) is 2.59. The second-order valence-electron chi connectivity index (χ2n) is 3.91.